The lowest BCUT2D eigenvalue weighted by Crippen LogP contribution is -2.28. The largest absolute Gasteiger partial charge is 0.394 e. The van der Waals surface area contributed by atoms with Crippen LogP contribution in [0.4, 0.5) is 0 Å². The Balaban J connectivity index is 2.11. The number of hydrogen-bond donors (Lipinski definition) is 3. The first-order chi connectivity index (χ1) is 5.83. The van der Waals surface area contributed by atoms with Gasteiger partial charge in [-0.1, -0.05) is 0 Å². The fraction of sp³-hybridized carbons (Fsp3) is 0.571. The molecule has 0 saturated carbocycles. The molecule has 4 nitrogen and oxygen atoms in total. The second-order valence-electron chi connectivity index (χ2n) is 2.44. The molecule has 1 aromatic rings. The first kappa shape index (κ1) is 9.60. The molecule has 0 bridgehead atoms. The van der Waals surface area contributed by atoms with Crippen molar-refractivity contribution in [3.63, 3.8) is 0 Å². The monoisotopic (exact) mass is 188 g/mol. The van der Waals surface area contributed by atoms with Crippen molar-refractivity contribution in [3.05, 3.63) is 16.6 Å². The quantitative estimate of drug-likeness (QED) is 0.587. The van der Waals surface area contributed by atoms with E-state index >= 15 is 0 Å². The summed E-state index contributed by atoms with van der Waals surface area (Å²) in [4.78, 5) is 5.03. The molecule has 3 N–H and O–H groups in total. The Morgan fingerprint density at radius 3 is 3.08 bits per heavy atom. The van der Waals surface area contributed by atoms with Crippen molar-refractivity contribution in [1.82, 2.24) is 10.3 Å². The molecule has 0 amide bonds. The lowest BCUT2D eigenvalue weighted by atomic mass is 10.4. The Morgan fingerprint density at radius 1 is 1.67 bits per heavy atom. The molecule has 1 heterocycles. The van der Waals surface area contributed by atoms with E-state index in [0.29, 0.717) is 13.1 Å². The van der Waals surface area contributed by atoms with Crippen LogP contribution in [0.25, 0.3) is 0 Å². The predicted molar refractivity (Wildman–Crippen MR) is 46.9 cm³/mol. The molecule has 0 saturated heterocycles. The van der Waals surface area contributed by atoms with Crippen LogP contribution in [0.1, 0.15) is 4.88 Å². The Morgan fingerprint density at radius 2 is 2.50 bits per heavy atom. The predicted octanol–water partition coefficient (Wildman–Crippen LogP) is -0.414. The van der Waals surface area contributed by atoms with Gasteiger partial charge in [-0.15, -0.1) is 11.3 Å². The summed E-state index contributed by atoms with van der Waals surface area (Å²) in [7, 11) is 0. The Hall–Kier alpha value is -0.490. The van der Waals surface area contributed by atoms with Crippen LogP contribution in [0.15, 0.2) is 11.7 Å². The van der Waals surface area contributed by atoms with E-state index < -0.39 is 6.10 Å². The highest BCUT2D eigenvalue weighted by molar-refractivity contribution is 7.09. The Kier molecular flexibility index (Phi) is 4.16. The summed E-state index contributed by atoms with van der Waals surface area (Å²) >= 11 is 1.56. The second kappa shape index (κ2) is 5.21. The van der Waals surface area contributed by atoms with Crippen molar-refractivity contribution in [1.29, 1.82) is 0 Å². The maximum atomic E-state index is 8.96. The minimum atomic E-state index is -0.669. The Labute approximate surface area is 74.9 Å². The van der Waals surface area contributed by atoms with Gasteiger partial charge in [0, 0.05) is 24.2 Å². The molecule has 0 radical (unpaired) electrons. The number of rotatable bonds is 5. The van der Waals surface area contributed by atoms with E-state index in [-0.39, 0.29) is 6.61 Å². The van der Waals surface area contributed by atoms with Crippen molar-refractivity contribution in [3.8, 4) is 0 Å². The normalized spacial score (nSPS) is 13.2. The smallest absolute Gasteiger partial charge is 0.0895 e. The number of hydrogen-bond acceptors (Lipinski definition) is 5. The van der Waals surface area contributed by atoms with E-state index in [1.807, 2.05) is 0 Å². The Bertz CT molecular complexity index is 203. The van der Waals surface area contributed by atoms with Gasteiger partial charge in [0.2, 0.25) is 0 Å². The van der Waals surface area contributed by atoms with Gasteiger partial charge in [-0.05, 0) is 0 Å². The van der Waals surface area contributed by atoms with Gasteiger partial charge in [-0.3, -0.25) is 4.98 Å². The lowest BCUT2D eigenvalue weighted by Gasteiger charge is -2.06. The van der Waals surface area contributed by atoms with E-state index in [0.717, 1.165) is 4.88 Å². The van der Waals surface area contributed by atoms with Gasteiger partial charge in [-0.2, -0.15) is 0 Å². The van der Waals surface area contributed by atoms with Gasteiger partial charge < -0.3 is 15.5 Å². The summed E-state index contributed by atoms with van der Waals surface area (Å²) < 4.78 is 0. The van der Waals surface area contributed by atoms with E-state index in [1.165, 1.54) is 0 Å². The number of aliphatic hydroxyl groups is 2. The minimum Gasteiger partial charge on any atom is -0.394 e. The molecule has 1 unspecified atom stereocenters. The molecule has 0 spiro atoms. The summed E-state index contributed by atoms with van der Waals surface area (Å²) in [5.41, 5.74) is 1.76. The lowest BCUT2D eigenvalue weighted by molar-refractivity contribution is 0.0943. The van der Waals surface area contributed by atoms with Crippen LogP contribution in [0, 0.1) is 0 Å². The van der Waals surface area contributed by atoms with E-state index in [4.69, 9.17) is 10.2 Å². The fourth-order valence-corrected chi connectivity index (χ4v) is 1.32. The van der Waals surface area contributed by atoms with Crippen LogP contribution < -0.4 is 5.32 Å². The van der Waals surface area contributed by atoms with Crippen molar-refractivity contribution in [2.24, 2.45) is 0 Å². The van der Waals surface area contributed by atoms with E-state index in [2.05, 4.69) is 10.3 Å². The summed E-state index contributed by atoms with van der Waals surface area (Å²) in [5, 5.41) is 20.5. The number of nitrogens with zero attached hydrogens (tertiary/aromatic N) is 1. The average molecular weight is 188 g/mol. The van der Waals surface area contributed by atoms with Crippen molar-refractivity contribution in [2.75, 3.05) is 13.2 Å². The standard InChI is InChI=1S/C7H12N2O2S/c10-4-6(11)1-8-2-7-3-9-5-12-7/h3,5-6,8,10-11H,1-2,4H2. The van der Waals surface area contributed by atoms with Crippen LogP contribution in [0.2, 0.25) is 0 Å². The number of aliphatic hydroxyl groups excluding tert-OH is 2. The zero-order chi connectivity index (χ0) is 8.81. The summed E-state index contributed by atoms with van der Waals surface area (Å²) in [6.07, 6.45) is 1.11. The molecule has 68 valence electrons. The first-order valence-corrected chi connectivity index (χ1v) is 4.58. The number of nitrogens with one attached hydrogen (secondary N) is 1. The van der Waals surface area contributed by atoms with Crippen molar-refractivity contribution >= 4 is 11.3 Å². The zero-order valence-electron chi connectivity index (χ0n) is 6.60. The molecule has 0 fully saturated rings. The summed E-state index contributed by atoms with van der Waals surface area (Å²) in [5.74, 6) is 0. The molecule has 1 rings (SSSR count). The maximum Gasteiger partial charge on any atom is 0.0895 e. The molecule has 1 atom stereocenters. The molecule has 0 aliphatic heterocycles. The first-order valence-electron chi connectivity index (χ1n) is 3.70. The highest BCUT2D eigenvalue weighted by atomic mass is 32.1. The van der Waals surface area contributed by atoms with Crippen LogP contribution >= 0.6 is 11.3 Å². The van der Waals surface area contributed by atoms with Crippen LogP contribution in [-0.4, -0.2) is 34.5 Å². The van der Waals surface area contributed by atoms with Gasteiger partial charge in [-0.25, -0.2) is 0 Å². The van der Waals surface area contributed by atoms with Gasteiger partial charge in [0.15, 0.2) is 0 Å². The van der Waals surface area contributed by atoms with Gasteiger partial charge in [0.05, 0.1) is 18.2 Å². The van der Waals surface area contributed by atoms with Crippen LogP contribution in [0.5, 0.6) is 0 Å². The van der Waals surface area contributed by atoms with E-state index in [1.54, 1.807) is 23.0 Å². The SMILES string of the molecule is OCC(O)CNCc1cncs1. The summed E-state index contributed by atoms with van der Waals surface area (Å²) in [6, 6.07) is 0. The molecule has 0 aliphatic carbocycles. The average Bonchev–Trinajstić information content (AvgIpc) is 2.57. The van der Waals surface area contributed by atoms with Gasteiger partial charge >= 0.3 is 0 Å². The zero-order valence-corrected chi connectivity index (χ0v) is 7.42. The van der Waals surface area contributed by atoms with Crippen LogP contribution in [0.3, 0.4) is 0 Å². The number of thiazole rings is 1. The molecule has 0 aromatic carbocycles. The van der Waals surface area contributed by atoms with Gasteiger partial charge in [0.1, 0.15) is 0 Å². The molecule has 5 heteroatoms. The molecular formula is C7H12N2O2S. The van der Waals surface area contributed by atoms with E-state index in [9.17, 15) is 0 Å². The molecule has 12 heavy (non-hydrogen) atoms. The van der Waals surface area contributed by atoms with Crippen molar-refractivity contribution in [2.45, 2.75) is 12.6 Å². The molecule has 1 aromatic heterocycles. The summed E-state index contributed by atoms with van der Waals surface area (Å²) in [6.45, 7) is 0.909. The third-order valence-corrected chi connectivity index (χ3v) is 2.15. The third-order valence-electron chi connectivity index (χ3n) is 1.37. The number of aromatic nitrogens is 1. The second-order valence-corrected chi connectivity index (χ2v) is 3.41. The molecular weight excluding hydrogens is 176 g/mol. The van der Waals surface area contributed by atoms with Crippen molar-refractivity contribution < 1.29 is 10.2 Å². The topological polar surface area (TPSA) is 65.4 Å². The highest BCUT2D eigenvalue weighted by Gasteiger charge is 2.00. The van der Waals surface area contributed by atoms with Gasteiger partial charge in [0.25, 0.3) is 0 Å². The minimum absolute atomic E-state index is 0.199. The molecule has 0 aliphatic rings. The maximum absolute atomic E-state index is 8.96. The highest BCUT2D eigenvalue weighted by Crippen LogP contribution is 2.03. The fourth-order valence-electron chi connectivity index (χ4n) is 0.756. The van der Waals surface area contributed by atoms with Crippen LogP contribution in [-0.2, 0) is 6.54 Å². The third kappa shape index (κ3) is 3.27.